The van der Waals surface area contributed by atoms with Gasteiger partial charge in [-0.25, -0.2) is 4.79 Å². The monoisotopic (exact) mass is 527 g/mol. The van der Waals surface area contributed by atoms with Crippen LogP contribution in [-0.2, 0) is 24.6 Å². The van der Waals surface area contributed by atoms with E-state index in [1.807, 2.05) is 12.1 Å². The van der Waals surface area contributed by atoms with E-state index in [9.17, 15) is 9.59 Å². The summed E-state index contributed by atoms with van der Waals surface area (Å²) in [7, 11) is 0. The van der Waals surface area contributed by atoms with E-state index in [1.54, 1.807) is 36.4 Å². The Bertz CT molecular complexity index is 953. The highest BCUT2D eigenvalue weighted by atomic mass is 35.5. The predicted octanol–water partition coefficient (Wildman–Crippen LogP) is 5.72. The summed E-state index contributed by atoms with van der Waals surface area (Å²) in [6.45, 7) is 0.920. The number of benzene rings is 2. The lowest BCUT2D eigenvalue weighted by molar-refractivity contribution is -0.231. The van der Waals surface area contributed by atoms with E-state index < -0.39 is 17.9 Å². The minimum atomic E-state index is -0.989. The van der Waals surface area contributed by atoms with Crippen LogP contribution in [0.4, 0.5) is 0 Å². The van der Waals surface area contributed by atoms with Crippen LogP contribution in [-0.4, -0.2) is 43.8 Å². The van der Waals surface area contributed by atoms with Gasteiger partial charge in [0.25, 0.3) is 0 Å². The average Bonchev–Trinajstić information content (AvgIpc) is 2.87. The van der Waals surface area contributed by atoms with Gasteiger partial charge < -0.3 is 19.5 Å². The quantitative estimate of drug-likeness (QED) is 0.229. The van der Waals surface area contributed by atoms with E-state index in [0.29, 0.717) is 35.1 Å². The first kappa shape index (κ1) is 26.8. The summed E-state index contributed by atoms with van der Waals surface area (Å²) in [6.07, 6.45) is 3.14. The number of carbonyl (C=O) groups excluding carboxylic acids is 2. The molecule has 1 heterocycles. The zero-order chi connectivity index (χ0) is 24.4. The number of amides is 1. The lowest BCUT2D eigenvalue weighted by Gasteiger charge is -2.39. The van der Waals surface area contributed by atoms with Gasteiger partial charge in [0.2, 0.25) is 5.91 Å². The number of alkyl halides is 1. The van der Waals surface area contributed by atoms with Crippen LogP contribution in [0.25, 0.3) is 0 Å². The molecule has 1 N–H and O–H groups in total. The molecule has 2 atom stereocenters. The average molecular weight is 529 g/mol. The Hall–Kier alpha value is -1.83. The third kappa shape index (κ3) is 7.59. The maximum absolute atomic E-state index is 12.3. The summed E-state index contributed by atoms with van der Waals surface area (Å²) < 4.78 is 17.8. The highest BCUT2D eigenvalue weighted by Gasteiger charge is 2.37. The van der Waals surface area contributed by atoms with Gasteiger partial charge in [-0.1, -0.05) is 47.5 Å². The fourth-order valence-corrected chi connectivity index (χ4v) is 4.20. The molecule has 2 unspecified atom stereocenters. The molecule has 0 spiro atoms. The fourth-order valence-electron chi connectivity index (χ4n) is 3.81. The van der Waals surface area contributed by atoms with Gasteiger partial charge in [0, 0.05) is 6.61 Å². The number of hydrogen-bond donors (Lipinski definition) is 1. The highest BCUT2D eigenvalue weighted by Crippen LogP contribution is 2.37. The first-order valence-corrected chi connectivity index (χ1v) is 12.5. The number of halogens is 3. The highest BCUT2D eigenvalue weighted by molar-refractivity contribution is 6.42. The maximum Gasteiger partial charge on any atom is 0.338 e. The first-order chi connectivity index (χ1) is 16.4. The van der Waals surface area contributed by atoms with Gasteiger partial charge >= 0.3 is 5.97 Å². The molecule has 9 heteroatoms. The third-order valence-electron chi connectivity index (χ3n) is 5.60. The molecule has 1 amide bonds. The Morgan fingerprint density at radius 1 is 1.09 bits per heavy atom. The van der Waals surface area contributed by atoms with Crippen molar-refractivity contribution < 1.29 is 23.8 Å². The van der Waals surface area contributed by atoms with E-state index in [-0.39, 0.29) is 24.9 Å². The lowest BCUT2D eigenvalue weighted by atomic mass is 9.88. The zero-order valence-electron chi connectivity index (χ0n) is 18.7. The van der Waals surface area contributed by atoms with Crippen molar-refractivity contribution in [2.45, 2.75) is 44.0 Å². The van der Waals surface area contributed by atoms with Gasteiger partial charge in [-0.2, -0.15) is 0 Å². The van der Waals surface area contributed by atoms with Crippen molar-refractivity contribution in [2.75, 3.05) is 25.6 Å². The molecule has 3 rings (SSSR count). The molecule has 184 valence electrons. The van der Waals surface area contributed by atoms with Crippen LogP contribution in [0.5, 0.6) is 0 Å². The molecule has 0 aromatic heterocycles. The largest absolute Gasteiger partial charge is 0.462 e. The van der Waals surface area contributed by atoms with E-state index in [4.69, 9.17) is 49.0 Å². The summed E-state index contributed by atoms with van der Waals surface area (Å²) in [4.78, 5) is 24.3. The summed E-state index contributed by atoms with van der Waals surface area (Å²) in [5.41, 5.74) is 0.233. The Kier molecular flexibility index (Phi) is 10.5. The molecule has 0 radical (unpaired) electrons. The van der Waals surface area contributed by atoms with Gasteiger partial charge in [0.1, 0.15) is 11.5 Å². The smallest absolute Gasteiger partial charge is 0.338 e. The van der Waals surface area contributed by atoms with Gasteiger partial charge in [-0.15, -0.1) is 11.6 Å². The number of esters is 1. The van der Waals surface area contributed by atoms with Crippen LogP contribution >= 0.6 is 34.8 Å². The van der Waals surface area contributed by atoms with Crippen LogP contribution in [0.3, 0.4) is 0 Å². The summed E-state index contributed by atoms with van der Waals surface area (Å²) in [5.74, 6) is -0.894. The molecule has 1 fully saturated rings. The topological polar surface area (TPSA) is 73.9 Å². The van der Waals surface area contributed by atoms with Crippen LogP contribution in [0.15, 0.2) is 48.5 Å². The Balaban J connectivity index is 1.80. The van der Waals surface area contributed by atoms with Crippen molar-refractivity contribution in [3.63, 3.8) is 0 Å². The van der Waals surface area contributed by atoms with Crippen LogP contribution in [0.1, 0.15) is 48.0 Å². The summed E-state index contributed by atoms with van der Waals surface area (Å²) >= 11 is 18.2. The van der Waals surface area contributed by atoms with Gasteiger partial charge in [0.15, 0.2) is 6.29 Å². The van der Waals surface area contributed by atoms with Gasteiger partial charge in [-0.05, 0) is 61.9 Å². The van der Waals surface area contributed by atoms with Crippen molar-refractivity contribution in [1.82, 2.24) is 5.32 Å². The summed E-state index contributed by atoms with van der Waals surface area (Å²) in [6, 6.07) is 14.0. The van der Waals surface area contributed by atoms with Crippen LogP contribution in [0, 0.1) is 0 Å². The molecular formula is C25H28Cl3NO5. The number of nitrogens with one attached hydrogen (secondary N) is 1. The van der Waals surface area contributed by atoms with Gasteiger partial charge in [0.05, 0.1) is 28.8 Å². The molecule has 1 saturated heterocycles. The fraction of sp³-hybridized carbons (Fsp3) is 0.440. The van der Waals surface area contributed by atoms with Crippen LogP contribution < -0.4 is 5.32 Å². The Morgan fingerprint density at radius 3 is 2.56 bits per heavy atom. The maximum atomic E-state index is 12.3. The van der Waals surface area contributed by atoms with E-state index in [0.717, 1.165) is 24.8 Å². The number of hydrogen-bond acceptors (Lipinski definition) is 5. The van der Waals surface area contributed by atoms with E-state index in [2.05, 4.69) is 5.32 Å². The van der Waals surface area contributed by atoms with Crippen molar-refractivity contribution in [2.24, 2.45) is 0 Å². The molecule has 2 aromatic rings. The minimum absolute atomic E-state index is 0.142. The normalized spacial score (nSPS) is 17.6. The second-order valence-corrected chi connectivity index (χ2v) is 9.13. The van der Waals surface area contributed by atoms with E-state index in [1.165, 1.54) is 0 Å². The van der Waals surface area contributed by atoms with Crippen LogP contribution in [0.2, 0.25) is 10.0 Å². The predicted molar refractivity (Wildman–Crippen MR) is 133 cm³/mol. The van der Waals surface area contributed by atoms with Crippen molar-refractivity contribution in [3.05, 3.63) is 69.7 Å². The first-order valence-electron chi connectivity index (χ1n) is 11.2. The zero-order valence-corrected chi connectivity index (χ0v) is 21.0. The third-order valence-corrected chi connectivity index (χ3v) is 6.58. The molecule has 34 heavy (non-hydrogen) atoms. The number of carbonyl (C=O) groups is 2. The lowest BCUT2D eigenvalue weighted by Crippen LogP contribution is -2.46. The standard InChI is InChI=1S/C25H28Cl3NO5/c26-16-22(30)29-17-25(34-23-9-4-5-13-32-23,19-10-11-20(27)21(28)15-19)12-6-14-33-24(31)18-7-2-1-3-8-18/h1-3,7-8,10-11,15,23H,4-6,9,12-14,16-17H2,(H,29,30). The minimum Gasteiger partial charge on any atom is -0.462 e. The van der Waals surface area contributed by atoms with Crippen molar-refractivity contribution in [3.8, 4) is 0 Å². The molecule has 1 aliphatic rings. The Labute approximate surface area is 214 Å². The SMILES string of the molecule is O=C(CCl)NCC(CCCOC(=O)c1ccccc1)(OC1CCCCO1)c1ccc(Cl)c(Cl)c1. The molecule has 1 aliphatic heterocycles. The number of rotatable bonds is 11. The molecule has 0 aliphatic carbocycles. The second-order valence-electron chi connectivity index (χ2n) is 8.05. The second kappa shape index (κ2) is 13.3. The molecule has 2 aromatic carbocycles. The number of ether oxygens (including phenoxy) is 3. The molecule has 0 bridgehead atoms. The summed E-state index contributed by atoms with van der Waals surface area (Å²) in [5, 5.41) is 3.62. The van der Waals surface area contributed by atoms with Gasteiger partial charge in [-0.3, -0.25) is 4.79 Å². The van der Waals surface area contributed by atoms with Crippen molar-refractivity contribution >= 4 is 46.7 Å². The Morgan fingerprint density at radius 2 is 1.88 bits per heavy atom. The van der Waals surface area contributed by atoms with E-state index >= 15 is 0 Å². The molecule has 6 nitrogen and oxygen atoms in total. The van der Waals surface area contributed by atoms with Crippen molar-refractivity contribution in [1.29, 1.82) is 0 Å². The molecule has 0 saturated carbocycles. The molecular weight excluding hydrogens is 501 g/mol.